The van der Waals surface area contributed by atoms with Gasteiger partial charge in [-0.1, -0.05) is 36.4 Å². The molecule has 0 bridgehead atoms. The fraction of sp³-hybridized carbons (Fsp3) is 0. The van der Waals surface area contributed by atoms with Gasteiger partial charge in [0.25, 0.3) is 5.91 Å². The lowest BCUT2D eigenvalue weighted by atomic mass is 10.1. The van der Waals surface area contributed by atoms with Gasteiger partial charge in [0.2, 0.25) is 0 Å². The first kappa shape index (κ1) is 19.8. The fourth-order valence-electron chi connectivity index (χ4n) is 2.44. The van der Waals surface area contributed by atoms with Gasteiger partial charge >= 0.3 is 5.97 Å². The van der Waals surface area contributed by atoms with Gasteiger partial charge in [-0.2, -0.15) is 0 Å². The fourth-order valence-corrected chi connectivity index (χ4v) is 2.44. The number of halogens is 2. The summed E-state index contributed by atoms with van der Waals surface area (Å²) in [7, 11) is 0. The lowest BCUT2D eigenvalue weighted by Crippen LogP contribution is -2.27. The topological polar surface area (TPSA) is 75.6 Å². The zero-order valence-electron chi connectivity index (χ0n) is 14.9. The van der Waals surface area contributed by atoms with Crippen LogP contribution in [0.1, 0.15) is 15.9 Å². The molecule has 0 spiro atoms. The van der Waals surface area contributed by atoms with Crippen molar-refractivity contribution in [1.82, 2.24) is 5.32 Å². The van der Waals surface area contributed by atoms with Crippen LogP contribution in [0.3, 0.4) is 0 Å². The van der Waals surface area contributed by atoms with Crippen molar-refractivity contribution >= 4 is 18.0 Å². The average Bonchev–Trinajstić information content (AvgIpc) is 2.71. The van der Waals surface area contributed by atoms with Crippen LogP contribution in [0.4, 0.5) is 8.78 Å². The number of hydrogen-bond acceptors (Lipinski definition) is 3. The van der Waals surface area contributed by atoms with Gasteiger partial charge in [-0.3, -0.25) is 4.79 Å². The smallest absolute Gasteiger partial charge is 0.352 e. The summed E-state index contributed by atoms with van der Waals surface area (Å²) in [5.41, 5.74) is 0.0228. The van der Waals surface area contributed by atoms with Crippen molar-refractivity contribution in [1.29, 1.82) is 0 Å². The molecule has 3 aromatic carbocycles. The minimum atomic E-state index is -1.39. The standard InChI is InChI=1S/C22H15F2NO4/c23-16-8-4-5-9-19(16)29-20-11-10-14(12-17(20)24)13-18(22(27)28)25-21(26)15-6-2-1-3-7-15/h1-13H,(H,25,26)(H,27,28)/b18-13-. The van der Waals surface area contributed by atoms with Crippen LogP contribution in [-0.4, -0.2) is 17.0 Å². The summed E-state index contributed by atoms with van der Waals surface area (Å²) in [6, 6.07) is 17.3. The normalized spacial score (nSPS) is 11.0. The van der Waals surface area contributed by atoms with E-state index < -0.39 is 29.2 Å². The van der Waals surface area contributed by atoms with Gasteiger partial charge in [-0.15, -0.1) is 0 Å². The van der Waals surface area contributed by atoms with Gasteiger partial charge in [-0.05, 0) is 48.0 Å². The Bertz CT molecular complexity index is 1080. The number of carbonyl (C=O) groups excluding carboxylic acids is 1. The second-order valence-electron chi connectivity index (χ2n) is 5.91. The summed E-state index contributed by atoms with van der Waals surface area (Å²) < 4.78 is 33.2. The van der Waals surface area contributed by atoms with Crippen molar-refractivity contribution in [2.24, 2.45) is 0 Å². The Morgan fingerprint density at radius 2 is 1.52 bits per heavy atom. The van der Waals surface area contributed by atoms with E-state index in [0.717, 1.165) is 12.1 Å². The zero-order chi connectivity index (χ0) is 20.8. The van der Waals surface area contributed by atoms with E-state index in [1.165, 1.54) is 42.5 Å². The third-order valence-electron chi connectivity index (χ3n) is 3.84. The number of benzene rings is 3. The summed E-state index contributed by atoms with van der Waals surface area (Å²) in [6.45, 7) is 0. The average molecular weight is 395 g/mol. The Morgan fingerprint density at radius 1 is 0.862 bits per heavy atom. The number of carboxylic acids is 1. The van der Waals surface area contributed by atoms with Gasteiger partial charge in [0.15, 0.2) is 23.1 Å². The highest BCUT2D eigenvalue weighted by Crippen LogP contribution is 2.27. The summed E-state index contributed by atoms with van der Waals surface area (Å²) in [4.78, 5) is 23.6. The molecule has 0 atom stereocenters. The SMILES string of the molecule is O=C(O)/C(=C/c1ccc(Oc2ccccc2F)c(F)c1)NC(=O)c1ccccc1. The number of amides is 1. The van der Waals surface area contributed by atoms with Crippen LogP contribution in [0.5, 0.6) is 11.5 Å². The molecule has 0 aliphatic heterocycles. The first-order valence-corrected chi connectivity index (χ1v) is 8.47. The van der Waals surface area contributed by atoms with E-state index in [9.17, 15) is 23.5 Å². The van der Waals surface area contributed by atoms with Crippen LogP contribution in [-0.2, 0) is 4.79 Å². The van der Waals surface area contributed by atoms with Gasteiger partial charge in [-0.25, -0.2) is 13.6 Å². The lowest BCUT2D eigenvalue weighted by molar-refractivity contribution is -0.132. The maximum atomic E-state index is 14.3. The van der Waals surface area contributed by atoms with Crippen molar-refractivity contribution in [2.75, 3.05) is 0 Å². The number of ether oxygens (including phenoxy) is 1. The summed E-state index contributed by atoms with van der Waals surface area (Å²) in [6.07, 6.45) is 1.11. The van der Waals surface area contributed by atoms with Crippen LogP contribution in [0.25, 0.3) is 6.08 Å². The maximum absolute atomic E-state index is 14.3. The van der Waals surface area contributed by atoms with Crippen molar-refractivity contribution in [3.8, 4) is 11.5 Å². The quantitative estimate of drug-likeness (QED) is 0.598. The summed E-state index contributed by atoms with van der Waals surface area (Å²) in [5.74, 6) is -3.83. The molecule has 146 valence electrons. The number of carbonyl (C=O) groups is 2. The Hall–Kier alpha value is -4.00. The van der Waals surface area contributed by atoms with E-state index in [1.807, 2.05) is 0 Å². The van der Waals surface area contributed by atoms with Crippen LogP contribution in [0, 0.1) is 11.6 Å². The van der Waals surface area contributed by atoms with Gasteiger partial charge < -0.3 is 15.2 Å². The molecule has 0 unspecified atom stereocenters. The van der Waals surface area contributed by atoms with Crippen molar-refractivity contribution in [3.05, 3.63) is 101 Å². The molecule has 2 N–H and O–H groups in total. The second-order valence-corrected chi connectivity index (χ2v) is 5.91. The first-order chi connectivity index (χ1) is 13.9. The highest BCUT2D eigenvalue weighted by molar-refractivity contribution is 6.02. The Kier molecular flexibility index (Phi) is 5.99. The number of hydrogen-bond donors (Lipinski definition) is 2. The molecule has 0 aromatic heterocycles. The Morgan fingerprint density at radius 3 is 2.17 bits per heavy atom. The number of rotatable bonds is 6. The molecule has 0 radical (unpaired) electrons. The summed E-state index contributed by atoms with van der Waals surface area (Å²) in [5, 5.41) is 11.6. The molecule has 0 aliphatic rings. The molecule has 3 rings (SSSR count). The number of para-hydroxylation sites is 1. The van der Waals surface area contributed by atoms with E-state index in [1.54, 1.807) is 24.3 Å². The number of nitrogens with one attached hydrogen (secondary N) is 1. The Labute approximate surface area is 164 Å². The zero-order valence-corrected chi connectivity index (χ0v) is 14.9. The minimum Gasteiger partial charge on any atom is -0.477 e. The predicted molar refractivity (Wildman–Crippen MR) is 102 cm³/mol. The molecule has 0 saturated carbocycles. The van der Waals surface area contributed by atoms with Crippen LogP contribution in [0.2, 0.25) is 0 Å². The highest BCUT2D eigenvalue weighted by Gasteiger charge is 2.14. The van der Waals surface area contributed by atoms with E-state index in [4.69, 9.17) is 4.74 Å². The first-order valence-electron chi connectivity index (χ1n) is 8.47. The molecule has 7 heteroatoms. The minimum absolute atomic E-state index is 0.143. The molecular formula is C22H15F2NO4. The predicted octanol–water partition coefficient (Wildman–Crippen LogP) is 4.61. The second kappa shape index (κ2) is 8.79. The largest absolute Gasteiger partial charge is 0.477 e. The molecule has 3 aromatic rings. The van der Waals surface area contributed by atoms with Gasteiger partial charge in [0, 0.05) is 5.56 Å². The van der Waals surface area contributed by atoms with E-state index in [-0.39, 0.29) is 22.6 Å². The van der Waals surface area contributed by atoms with Crippen LogP contribution in [0.15, 0.2) is 78.5 Å². The van der Waals surface area contributed by atoms with E-state index >= 15 is 0 Å². The highest BCUT2D eigenvalue weighted by atomic mass is 19.1. The summed E-state index contributed by atoms with van der Waals surface area (Å²) >= 11 is 0. The third-order valence-corrected chi connectivity index (χ3v) is 3.84. The molecule has 0 heterocycles. The number of aliphatic carboxylic acids is 1. The van der Waals surface area contributed by atoms with Crippen molar-refractivity contribution < 1.29 is 28.2 Å². The molecule has 0 saturated heterocycles. The molecule has 0 fully saturated rings. The maximum Gasteiger partial charge on any atom is 0.352 e. The van der Waals surface area contributed by atoms with Crippen molar-refractivity contribution in [2.45, 2.75) is 0 Å². The van der Waals surface area contributed by atoms with Crippen molar-refractivity contribution in [3.63, 3.8) is 0 Å². The van der Waals surface area contributed by atoms with E-state index in [2.05, 4.69) is 5.32 Å². The van der Waals surface area contributed by atoms with Gasteiger partial charge in [0.1, 0.15) is 5.70 Å². The Balaban J connectivity index is 1.81. The third kappa shape index (κ3) is 5.04. The lowest BCUT2D eigenvalue weighted by Gasteiger charge is -2.09. The molecule has 0 aliphatic carbocycles. The van der Waals surface area contributed by atoms with Crippen LogP contribution < -0.4 is 10.1 Å². The van der Waals surface area contributed by atoms with E-state index in [0.29, 0.717) is 0 Å². The number of carboxylic acid groups (broad SMARTS) is 1. The monoisotopic (exact) mass is 395 g/mol. The molecule has 1 amide bonds. The van der Waals surface area contributed by atoms with Crippen LogP contribution >= 0.6 is 0 Å². The molecule has 29 heavy (non-hydrogen) atoms. The van der Waals surface area contributed by atoms with Gasteiger partial charge in [0.05, 0.1) is 0 Å². The molecular weight excluding hydrogens is 380 g/mol. The molecule has 5 nitrogen and oxygen atoms in total.